The molecular formula is C12H15N3O3. The molecule has 1 aliphatic carbocycles. The van der Waals surface area contributed by atoms with Crippen molar-refractivity contribution in [2.45, 2.75) is 19.3 Å². The average Bonchev–Trinajstić information content (AvgIpc) is 3.12. The topological polar surface area (TPSA) is 98.3 Å². The van der Waals surface area contributed by atoms with Gasteiger partial charge in [0.05, 0.1) is 10.5 Å². The van der Waals surface area contributed by atoms with Crippen molar-refractivity contribution in [3.63, 3.8) is 0 Å². The number of nitrogen functional groups attached to an aromatic ring is 1. The van der Waals surface area contributed by atoms with Crippen LogP contribution in [0.25, 0.3) is 0 Å². The number of nitrogens with zero attached hydrogens (tertiary/aromatic N) is 1. The molecule has 0 aliphatic heterocycles. The second-order valence-corrected chi connectivity index (χ2v) is 4.48. The Hall–Kier alpha value is -2.11. The predicted molar refractivity (Wildman–Crippen MR) is 67.2 cm³/mol. The molecule has 0 unspecified atom stereocenters. The largest absolute Gasteiger partial charge is 0.393 e. The Morgan fingerprint density at radius 3 is 2.83 bits per heavy atom. The van der Waals surface area contributed by atoms with Crippen LogP contribution in [0.1, 0.15) is 29.6 Å². The molecule has 6 heteroatoms. The minimum absolute atomic E-state index is 0.0774. The minimum atomic E-state index is -0.587. The van der Waals surface area contributed by atoms with Crippen LogP contribution in [0, 0.1) is 16.0 Å². The van der Waals surface area contributed by atoms with Gasteiger partial charge in [-0.3, -0.25) is 14.9 Å². The molecule has 0 bridgehead atoms. The number of para-hydroxylation sites is 1. The van der Waals surface area contributed by atoms with Crippen LogP contribution >= 0.6 is 0 Å². The zero-order valence-electron chi connectivity index (χ0n) is 9.89. The van der Waals surface area contributed by atoms with Gasteiger partial charge in [-0.25, -0.2) is 0 Å². The summed E-state index contributed by atoms with van der Waals surface area (Å²) in [6, 6.07) is 4.25. The van der Waals surface area contributed by atoms with Crippen LogP contribution in [0.4, 0.5) is 11.4 Å². The number of nitro groups is 1. The first kappa shape index (κ1) is 12.3. The summed E-state index contributed by atoms with van der Waals surface area (Å²) in [5.74, 6) is 0.379. The molecule has 2 rings (SSSR count). The third-order valence-electron chi connectivity index (χ3n) is 3.06. The van der Waals surface area contributed by atoms with Gasteiger partial charge in [-0.05, 0) is 18.4 Å². The number of hydrogen-bond donors (Lipinski definition) is 2. The highest BCUT2D eigenvalue weighted by molar-refractivity contribution is 6.00. The van der Waals surface area contributed by atoms with Crippen LogP contribution in [0.3, 0.4) is 0 Å². The number of anilines is 1. The van der Waals surface area contributed by atoms with Gasteiger partial charge in [0.1, 0.15) is 5.69 Å². The van der Waals surface area contributed by atoms with Crippen LogP contribution < -0.4 is 11.1 Å². The van der Waals surface area contributed by atoms with Crippen molar-refractivity contribution >= 4 is 17.3 Å². The standard InChI is InChI=1S/C12H15N3O3/c13-11-9(2-1-3-10(11)15(17)18)12(16)14-7-6-8-4-5-8/h1-3,8H,4-7,13H2,(H,14,16). The lowest BCUT2D eigenvalue weighted by Gasteiger charge is -2.07. The lowest BCUT2D eigenvalue weighted by Crippen LogP contribution is -2.25. The fraction of sp³-hybridized carbons (Fsp3) is 0.417. The van der Waals surface area contributed by atoms with Crippen molar-refractivity contribution in [2.75, 3.05) is 12.3 Å². The first-order valence-corrected chi connectivity index (χ1v) is 5.90. The van der Waals surface area contributed by atoms with Gasteiger partial charge in [0.2, 0.25) is 0 Å². The second kappa shape index (κ2) is 5.03. The fourth-order valence-electron chi connectivity index (χ4n) is 1.80. The molecule has 0 radical (unpaired) electrons. The molecule has 1 aliphatic rings. The zero-order valence-corrected chi connectivity index (χ0v) is 9.89. The highest BCUT2D eigenvalue weighted by atomic mass is 16.6. The van der Waals surface area contributed by atoms with Crippen LogP contribution in [0.2, 0.25) is 0 Å². The molecular weight excluding hydrogens is 234 g/mol. The molecule has 1 saturated carbocycles. The molecule has 1 aromatic carbocycles. The summed E-state index contributed by atoms with van der Waals surface area (Å²) < 4.78 is 0. The maximum Gasteiger partial charge on any atom is 0.292 e. The summed E-state index contributed by atoms with van der Waals surface area (Å²) >= 11 is 0. The average molecular weight is 249 g/mol. The van der Waals surface area contributed by atoms with Gasteiger partial charge in [0.15, 0.2) is 0 Å². The molecule has 3 N–H and O–H groups in total. The minimum Gasteiger partial charge on any atom is -0.393 e. The number of hydrogen-bond acceptors (Lipinski definition) is 4. The Kier molecular flexibility index (Phi) is 3.45. The van der Waals surface area contributed by atoms with E-state index in [0.29, 0.717) is 6.54 Å². The molecule has 0 atom stereocenters. The van der Waals surface area contributed by atoms with Gasteiger partial charge in [0.25, 0.3) is 11.6 Å². The molecule has 0 spiro atoms. The number of nitro benzene ring substituents is 1. The van der Waals surface area contributed by atoms with Crippen LogP contribution in [-0.2, 0) is 0 Å². The summed E-state index contributed by atoms with van der Waals surface area (Å²) in [4.78, 5) is 21.9. The highest BCUT2D eigenvalue weighted by Gasteiger charge is 2.22. The van der Waals surface area contributed by atoms with E-state index in [-0.39, 0.29) is 22.8 Å². The van der Waals surface area contributed by atoms with Gasteiger partial charge < -0.3 is 11.1 Å². The van der Waals surface area contributed by atoms with Gasteiger partial charge in [-0.1, -0.05) is 18.9 Å². The highest BCUT2D eigenvalue weighted by Crippen LogP contribution is 2.31. The summed E-state index contributed by atoms with van der Waals surface area (Å²) in [6.07, 6.45) is 3.42. The molecule has 0 heterocycles. The predicted octanol–water partition coefficient (Wildman–Crippen LogP) is 1.71. The maximum atomic E-state index is 11.8. The maximum absolute atomic E-state index is 11.8. The third kappa shape index (κ3) is 2.77. The lowest BCUT2D eigenvalue weighted by atomic mass is 10.1. The first-order chi connectivity index (χ1) is 8.59. The van der Waals surface area contributed by atoms with E-state index in [1.54, 1.807) is 0 Å². The first-order valence-electron chi connectivity index (χ1n) is 5.90. The van der Waals surface area contributed by atoms with E-state index in [1.165, 1.54) is 31.0 Å². The van der Waals surface area contributed by atoms with E-state index in [2.05, 4.69) is 5.32 Å². The zero-order chi connectivity index (χ0) is 13.1. The molecule has 1 aromatic rings. The number of rotatable bonds is 5. The molecule has 0 saturated heterocycles. The second-order valence-electron chi connectivity index (χ2n) is 4.48. The number of carbonyl (C=O) groups is 1. The van der Waals surface area contributed by atoms with Gasteiger partial charge in [-0.15, -0.1) is 0 Å². The van der Waals surface area contributed by atoms with E-state index in [9.17, 15) is 14.9 Å². The molecule has 0 aromatic heterocycles. The van der Waals surface area contributed by atoms with Crippen molar-refractivity contribution in [1.82, 2.24) is 5.32 Å². The number of nitrogens with one attached hydrogen (secondary N) is 1. The number of carbonyl (C=O) groups excluding carboxylic acids is 1. The van der Waals surface area contributed by atoms with Crippen molar-refractivity contribution in [1.29, 1.82) is 0 Å². The van der Waals surface area contributed by atoms with E-state index in [1.807, 2.05) is 0 Å². The Morgan fingerprint density at radius 1 is 1.50 bits per heavy atom. The number of amides is 1. The quantitative estimate of drug-likeness (QED) is 0.471. The molecule has 6 nitrogen and oxygen atoms in total. The Balaban J connectivity index is 2.04. The Labute approximate surface area is 104 Å². The molecule has 18 heavy (non-hydrogen) atoms. The normalized spacial score (nSPS) is 14.2. The number of nitrogens with two attached hydrogens (primary N) is 1. The van der Waals surface area contributed by atoms with E-state index in [0.717, 1.165) is 12.3 Å². The Bertz CT molecular complexity index is 483. The monoisotopic (exact) mass is 249 g/mol. The van der Waals surface area contributed by atoms with Gasteiger partial charge >= 0.3 is 0 Å². The smallest absolute Gasteiger partial charge is 0.292 e. The van der Waals surface area contributed by atoms with Gasteiger partial charge in [-0.2, -0.15) is 0 Å². The van der Waals surface area contributed by atoms with Crippen LogP contribution in [0.15, 0.2) is 18.2 Å². The summed E-state index contributed by atoms with van der Waals surface area (Å²) in [5.41, 5.74) is 5.48. The summed E-state index contributed by atoms with van der Waals surface area (Å²) in [5, 5.41) is 13.4. The molecule has 96 valence electrons. The van der Waals surface area contributed by atoms with Crippen molar-refractivity contribution in [2.24, 2.45) is 5.92 Å². The third-order valence-corrected chi connectivity index (χ3v) is 3.06. The van der Waals surface area contributed by atoms with E-state index >= 15 is 0 Å². The fourth-order valence-corrected chi connectivity index (χ4v) is 1.80. The lowest BCUT2D eigenvalue weighted by molar-refractivity contribution is -0.383. The van der Waals surface area contributed by atoms with Crippen molar-refractivity contribution < 1.29 is 9.72 Å². The van der Waals surface area contributed by atoms with Crippen LogP contribution in [-0.4, -0.2) is 17.4 Å². The summed E-state index contributed by atoms with van der Waals surface area (Å²) in [6.45, 7) is 0.589. The van der Waals surface area contributed by atoms with Crippen molar-refractivity contribution in [3.8, 4) is 0 Å². The van der Waals surface area contributed by atoms with E-state index in [4.69, 9.17) is 5.73 Å². The van der Waals surface area contributed by atoms with Crippen molar-refractivity contribution in [3.05, 3.63) is 33.9 Å². The van der Waals surface area contributed by atoms with Gasteiger partial charge in [0, 0.05) is 12.6 Å². The molecule has 1 fully saturated rings. The van der Waals surface area contributed by atoms with E-state index < -0.39 is 4.92 Å². The van der Waals surface area contributed by atoms with Crippen LogP contribution in [0.5, 0.6) is 0 Å². The Morgan fingerprint density at radius 2 is 2.22 bits per heavy atom. The summed E-state index contributed by atoms with van der Waals surface area (Å²) in [7, 11) is 0. The molecule has 1 amide bonds. The number of benzene rings is 1. The SMILES string of the molecule is Nc1c(C(=O)NCCC2CC2)cccc1[N+](=O)[O-].